The van der Waals surface area contributed by atoms with E-state index in [-0.39, 0.29) is 23.8 Å². The first kappa shape index (κ1) is 23.4. The number of carbonyl (C=O) groups excluding carboxylic acids is 3. The molecule has 8 heteroatoms. The van der Waals surface area contributed by atoms with Crippen LogP contribution in [0.15, 0.2) is 42.5 Å². The topological polar surface area (TPSA) is 111 Å². The maximum Gasteiger partial charge on any atom is 0.251 e. The van der Waals surface area contributed by atoms with Gasteiger partial charge in [-0.05, 0) is 42.2 Å². The molecular formula is C24H30N4O4. The highest BCUT2D eigenvalue weighted by Gasteiger charge is 2.17. The van der Waals surface area contributed by atoms with Crippen LogP contribution in [0.3, 0.4) is 0 Å². The molecule has 1 aliphatic rings. The number of piperidine rings is 1. The third kappa shape index (κ3) is 7.18. The van der Waals surface area contributed by atoms with Gasteiger partial charge < -0.3 is 21.1 Å². The number of benzene rings is 2. The van der Waals surface area contributed by atoms with Crippen LogP contribution >= 0.6 is 0 Å². The van der Waals surface area contributed by atoms with Crippen molar-refractivity contribution in [3.8, 4) is 0 Å². The molecule has 0 saturated carbocycles. The summed E-state index contributed by atoms with van der Waals surface area (Å²) < 4.78 is 0. The van der Waals surface area contributed by atoms with E-state index >= 15 is 0 Å². The van der Waals surface area contributed by atoms with E-state index in [9.17, 15) is 19.5 Å². The van der Waals surface area contributed by atoms with Crippen molar-refractivity contribution in [3.63, 3.8) is 0 Å². The lowest BCUT2D eigenvalue weighted by Gasteiger charge is -2.29. The van der Waals surface area contributed by atoms with Crippen LogP contribution in [0, 0.1) is 0 Å². The lowest BCUT2D eigenvalue weighted by Crippen LogP contribution is -2.35. The van der Waals surface area contributed by atoms with Gasteiger partial charge in [0.1, 0.15) is 0 Å². The molecule has 3 amide bonds. The molecule has 0 radical (unpaired) electrons. The zero-order valence-electron chi connectivity index (χ0n) is 18.5. The summed E-state index contributed by atoms with van der Waals surface area (Å²) in [5.41, 5.74) is 3.37. The molecule has 0 spiro atoms. The number of aliphatic hydroxyl groups excluding tert-OH is 1. The number of anilines is 2. The van der Waals surface area contributed by atoms with E-state index in [1.54, 1.807) is 18.2 Å². The lowest BCUT2D eigenvalue weighted by molar-refractivity contribution is -0.115. The van der Waals surface area contributed by atoms with E-state index < -0.39 is 0 Å². The van der Waals surface area contributed by atoms with Crippen LogP contribution in [0.1, 0.15) is 48.2 Å². The minimum atomic E-state index is -0.306. The van der Waals surface area contributed by atoms with Gasteiger partial charge in [0.15, 0.2) is 0 Å². The third-order valence-corrected chi connectivity index (χ3v) is 5.28. The third-order valence-electron chi connectivity index (χ3n) is 5.28. The predicted molar refractivity (Wildman–Crippen MR) is 123 cm³/mol. The molecule has 0 unspecified atom stereocenters. The van der Waals surface area contributed by atoms with Gasteiger partial charge in [-0.15, -0.1) is 0 Å². The average Bonchev–Trinajstić information content (AvgIpc) is 2.73. The van der Waals surface area contributed by atoms with E-state index in [4.69, 9.17) is 0 Å². The average molecular weight is 439 g/mol. The Balaban J connectivity index is 1.59. The van der Waals surface area contributed by atoms with E-state index in [1.807, 2.05) is 12.1 Å². The highest BCUT2D eigenvalue weighted by Crippen LogP contribution is 2.20. The highest BCUT2D eigenvalue weighted by molar-refractivity contribution is 5.99. The van der Waals surface area contributed by atoms with Crippen LogP contribution in [0.4, 0.5) is 11.4 Å². The van der Waals surface area contributed by atoms with Crippen molar-refractivity contribution in [2.75, 3.05) is 23.7 Å². The van der Waals surface area contributed by atoms with Gasteiger partial charge in [0.25, 0.3) is 5.91 Å². The first-order chi connectivity index (χ1) is 15.3. The molecule has 1 heterocycles. The van der Waals surface area contributed by atoms with Crippen molar-refractivity contribution in [3.05, 3.63) is 59.2 Å². The Hall–Kier alpha value is -3.23. The quantitative estimate of drug-likeness (QED) is 0.531. The molecule has 0 aliphatic carbocycles. The molecule has 1 saturated heterocycles. The normalized spacial score (nSPS) is 14.6. The first-order valence-corrected chi connectivity index (χ1v) is 10.7. The van der Waals surface area contributed by atoms with Crippen molar-refractivity contribution in [1.29, 1.82) is 0 Å². The van der Waals surface area contributed by atoms with Crippen LogP contribution < -0.4 is 16.0 Å². The fourth-order valence-corrected chi connectivity index (χ4v) is 3.69. The SMILES string of the molecule is CC(=O)Nc1cc(NC(C)=O)cc(C(=O)NCc2ccc(CN3CCC(O)CC3)cc2)c1. The number of amides is 3. The minimum Gasteiger partial charge on any atom is -0.393 e. The number of hydrogen-bond acceptors (Lipinski definition) is 5. The Morgan fingerprint density at radius 2 is 1.44 bits per heavy atom. The number of aliphatic hydroxyl groups is 1. The Labute approximate surface area is 188 Å². The standard InChI is InChI=1S/C24H30N4O4/c1-16(29)26-21-11-20(12-22(13-21)27-17(2)30)24(32)25-14-18-3-5-19(6-4-18)15-28-9-7-23(31)8-10-28/h3-6,11-13,23,31H,7-10,14-15H2,1-2H3,(H,25,32)(H,26,29)(H,27,30). The fraction of sp³-hybridized carbons (Fsp3) is 0.375. The summed E-state index contributed by atoms with van der Waals surface area (Å²) in [5.74, 6) is -0.839. The number of nitrogens with zero attached hydrogens (tertiary/aromatic N) is 1. The number of hydrogen-bond donors (Lipinski definition) is 4. The molecule has 0 bridgehead atoms. The van der Waals surface area contributed by atoms with E-state index in [2.05, 4.69) is 33.0 Å². The minimum absolute atomic E-state index is 0.175. The van der Waals surface area contributed by atoms with Crippen molar-refractivity contribution < 1.29 is 19.5 Å². The number of likely N-dealkylation sites (tertiary alicyclic amines) is 1. The van der Waals surface area contributed by atoms with Crippen LogP contribution in [0.2, 0.25) is 0 Å². The van der Waals surface area contributed by atoms with Crippen molar-refractivity contribution in [2.45, 2.75) is 45.9 Å². The molecule has 170 valence electrons. The number of rotatable bonds is 7. The lowest BCUT2D eigenvalue weighted by atomic mass is 10.1. The summed E-state index contributed by atoms with van der Waals surface area (Å²) in [4.78, 5) is 37.8. The Morgan fingerprint density at radius 1 is 0.906 bits per heavy atom. The summed E-state index contributed by atoms with van der Waals surface area (Å²) in [6, 6.07) is 12.8. The second-order valence-electron chi connectivity index (χ2n) is 8.17. The van der Waals surface area contributed by atoms with Gasteiger partial charge in [0.05, 0.1) is 6.10 Å². The molecule has 0 aromatic heterocycles. The zero-order valence-corrected chi connectivity index (χ0v) is 18.5. The monoisotopic (exact) mass is 438 g/mol. The molecule has 3 rings (SSSR count). The fourth-order valence-electron chi connectivity index (χ4n) is 3.69. The number of carbonyl (C=O) groups is 3. The molecule has 1 aliphatic heterocycles. The molecule has 32 heavy (non-hydrogen) atoms. The van der Waals surface area contributed by atoms with Gasteiger partial charge >= 0.3 is 0 Å². The highest BCUT2D eigenvalue weighted by atomic mass is 16.3. The molecule has 1 fully saturated rings. The Kier molecular flexibility index (Phi) is 7.97. The van der Waals surface area contributed by atoms with Crippen LogP contribution in [-0.2, 0) is 22.7 Å². The van der Waals surface area contributed by atoms with E-state index in [1.165, 1.54) is 19.4 Å². The molecule has 2 aromatic carbocycles. The maximum atomic E-state index is 12.7. The van der Waals surface area contributed by atoms with Gasteiger partial charge in [-0.25, -0.2) is 0 Å². The summed E-state index contributed by atoms with van der Waals surface area (Å²) in [7, 11) is 0. The molecule has 8 nitrogen and oxygen atoms in total. The van der Waals surface area contributed by atoms with Crippen LogP contribution in [-0.4, -0.2) is 46.9 Å². The molecule has 0 atom stereocenters. The van der Waals surface area contributed by atoms with Gasteiger partial charge in [-0.3, -0.25) is 19.3 Å². The zero-order chi connectivity index (χ0) is 23.1. The summed E-state index contributed by atoms with van der Waals surface area (Å²) in [6.45, 7) is 5.76. The van der Waals surface area contributed by atoms with Gasteiger partial charge in [-0.2, -0.15) is 0 Å². The second kappa shape index (κ2) is 10.9. The van der Waals surface area contributed by atoms with Crippen molar-refractivity contribution in [2.24, 2.45) is 0 Å². The van der Waals surface area contributed by atoms with Crippen LogP contribution in [0.25, 0.3) is 0 Å². The second-order valence-corrected chi connectivity index (χ2v) is 8.17. The van der Waals surface area contributed by atoms with Gasteiger partial charge in [-0.1, -0.05) is 24.3 Å². The van der Waals surface area contributed by atoms with Gasteiger partial charge in [0, 0.05) is 57.0 Å². The Bertz CT molecular complexity index is 932. The smallest absolute Gasteiger partial charge is 0.251 e. The summed E-state index contributed by atoms with van der Waals surface area (Å²) in [5, 5.41) is 17.8. The maximum absolute atomic E-state index is 12.7. The van der Waals surface area contributed by atoms with Crippen LogP contribution in [0.5, 0.6) is 0 Å². The first-order valence-electron chi connectivity index (χ1n) is 10.7. The summed E-state index contributed by atoms with van der Waals surface area (Å²) >= 11 is 0. The predicted octanol–water partition coefficient (Wildman–Crippen LogP) is 2.49. The van der Waals surface area contributed by atoms with Crippen molar-refractivity contribution in [1.82, 2.24) is 10.2 Å². The van der Waals surface area contributed by atoms with Crippen molar-refractivity contribution >= 4 is 29.1 Å². The number of nitrogens with one attached hydrogen (secondary N) is 3. The van der Waals surface area contributed by atoms with E-state index in [0.29, 0.717) is 23.5 Å². The molecular weight excluding hydrogens is 408 g/mol. The largest absolute Gasteiger partial charge is 0.393 e. The van der Waals surface area contributed by atoms with E-state index in [0.717, 1.165) is 38.0 Å². The molecule has 4 N–H and O–H groups in total. The Morgan fingerprint density at radius 3 is 1.97 bits per heavy atom. The van der Waals surface area contributed by atoms with Gasteiger partial charge in [0.2, 0.25) is 11.8 Å². The molecule has 2 aromatic rings. The summed E-state index contributed by atoms with van der Waals surface area (Å²) in [6.07, 6.45) is 1.46.